The topological polar surface area (TPSA) is 93.2 Å². The van der Waals surface area contributed by atoms with E-state index in [0.29, 0.717) is 17.4 Å². The molecule has 2 N–H and O–H groups in total. The molecule has 2 aromatic rings. The summed E-state index contributed by atoms with van der Waals surface area (Å²) in [5.74, 6) is 0.794. The first-order chi connectivity index (χ1) is 9.96. The lowest BCUT2D eigenvalue weighted by molar-refractivity contribution is 0.398. The Hall–Kier alpha value is -2.06. The minimum Gasteiger partial charge on any atom is -0.481 e. The zero-order chi connectivity index (χ0) is 15.5. The van der Waals surface area contributed by atoms with E-state index in [1.807, 2.05) is 0 Å². The van der Waals surface area contributed by atoms with Crippen LogP contribution in [0.4, 0.5) is 11.5 Å². The summed E-state index contributed by atoms with van der Waals surface area (Å²) < 4.78 is 31.7. The molecular formula is C12H13ClN4O3S. The van der Waals surface area contributed by atoms with Crippen LogP contribution in [0.15, 0.2) is 35.5 Å². The summed E-state index contributed by atoms with van der Waals surface area (Å²) in [7, 11) is -0.668. The number of halogens is 1. The number of sulfonamides is 1. The van der Waals surface area contributed by atoms with Crippen LogP contribution in [-0.4, -0.2) is 32.5 Å². The first-order valence-electron chi connectivity index (χ1n) is 5.82. The van der Waals surface area contributed by atoms with E-state index in [1.165, 1.54) is 25.6 Å². The average molecular weight is 329 g/mol. The third kappa shape index (κ3) is 3.53. The third-order valence-electron chi connectivity index (χ3n) is 2.56. The van der Waals surface area contributed by atoms with Crippen molar-refractivity contribution in [3.8, 4) is 5.88 Å². The Morgan fingerprint density at radius 1 is 1.24 bits per heavy atom. The predicted molar refractivity (Wildman–Crippen MR) is 80.4 cm³/mol. The highest BCUT2D eigenvalue weighted by Gasteiger charge is 2.17. The second kappa shape index (κ2) is 6.15. The highest BCUT2D eigenvalue weighted by molar-refractivity contribution is 7.92. The van der Waals surface area contributed by atoms with Gasteiger partial charge in [0, 0.05) is 19.3 Å². The van der Waals surface area contributed by atoms with Crippen molar-refractivity contribution in [2.45, 2.75) is 4.90 Å². The van der Waals surface area contributed by atoms with E-state index in [0.717, 1.165) is 0 Å². The van der Waals surface area contributed by atoms with Gasteiger partial charge in [0.25, 0.3) is 10.0 Å². The van der Waals surface area contributed by atoms with Crippen LogP contribution in [0.3, 0.4) is 0 Å². The van der Waals surface area contributed by atoms with Gasteiger partial charge in [-0.15, -0.1) is 0 Å². The molecule has 0 saturated carbocycles. The number of methoxy groups -OCH3 is 1. The van der Waals surface area contributed by atoms with Crippen molar-refractivity contribution in [2.75, 3.05) is 24.2 Å². The van der Waals surface area contributed by atoms with Gasteiger partial charge < -0.3 is 10.1 Å². The summed E-state index contributed by atoms with van der Waals surface area (Å²) >= 11 is 5.93. The van der Waals surface area contributed by atoms with Crippen molar-refractivity contribution >= 4 is 33.1 Å². The van der Waals surface area contributed by atoms with Crippen LogP contribution >= 0.6 is 11.6 Å². The molecule has 0 aliphatic rings. The Labute approximate surface area is 127 Å². The molecule has 0 aromatic carbocycles. The molecule has 2 rings (SSSR count). The van der Waals surface area contributed by atoms with Gasteiger partial charge in [-0.2, -0.15) is 0 Å². The van der Waals surface area contributed by atoms with E-state index in [9.17, 15) is 8.42 Å². The highest BCUT2D eigenvalue weighted by Crippen LogP contribution is 2.23. The molecule has 7 nitrogen and oxygen atoms in total. The molecule has 112 valence electrons. The van der Waals surface area contributed by atoms with E-state index in [1.54, 1.807) is 19.2 Å². The molecule has 0 fully saturated rings. The first-order valence-corrected chi connectivity index (χ1v) is 7.68. The Kier molecular flexibility index (Phi) is 4.49. The van der Waals surface area contributed by atoms with Gasteiger partial charge in [-0.1, -0.05) is 11.6 Å². The summed E-state index contributed by atoms with van der Waals surface area (Å²) in [5, 5.41) is 2.97. The maximum absolute atomic E-state index is 12.2. The van der Waals surface area contributed by atoms with Crippen molar-refractivity contribution in [1.29, 1.82) is 0 Å². The molecule has 0 atom stereocenters. The van der Waals surface area contributed by atoms with Gasteiger partial charge in [-0.25, -0.2) is 18.4 Å². The number of hydrogen-bond acceptors (Lipinski definition) is 6. The fraction of sp³-hybridized carbons (Fsp3) is 0.167. The number of aromatic nitrogens is 2. The van der Waals surface area contributed by atoms with Gasteiger partial charge in [0.05, 0.1) is 24.0 Å². The fourth-order valence-corrected chi connectivity index (χ4v) is 2.87. The molecule has 0 unspecified atom stereocenters. The predicted octanol–water partition coefficient (Wildman–Crippen LogP) is 1.98. The van der Waals surface area contributed by atoms with E-state index in [-0.39, 0.29) is 9.92 Å². The SMILES string of the molecule is CNc1ncc(S(=O)(=O)Nc2ccc(OC)nc2)cc1Cl. The lowest BCUT2D eigenvalue weighted by atomic mass is 10.4. The minimum absolute atomic E-state index is 0.0395. The van der Waals surface area contributed by atoms with E-state index < -0.39 is 10.0 Å². The molecule has 2 aromatic heterocycles. The van der Waals surface area contributed by atoms with Crippen LogP contribution in [0.5, 0.6) is 5.88 Å². The van der Waals surface area contributed by atoms with Crippen molar-refractivity contribution in [3.05, 3.63) is 35.6 Å². The molecule has 0 aliphatic heterocycles. The quantitative estimate of drug-likeness (QED) is 0.871. The average Bonchev–Trinajstić information content (AvgIpc) is 2.47. The number of nitrogens with zero attached hydrogens (tertiary/aromatic N) is 2. The third-order valence-corrected chi connectivity index (χ3v) is 4.20. The Morgan fingerprint density at radius 2 is 2.00 bits per heavy atom. The second-order valence-electron chi connectivity index (χ2n) is 3.95. The molecule has 21 heavy (non-hydrogen) atoms. The number of pyridine rings is 2. The van der Waals surface area contributed by atoms with Crippen LogP contribution in [0, 0.1) is 0 Å². The monoisotopic (exact) mass is 328 g/mol. The highest BCUT2D eigenvalue weighted by atomic mass is 35.5. The molecule has 0 spiro atoms. The van der Waals surface area contributed by atoms with E-state index in [2.05, 4.69) is 20.0 Å². The summed E-state index contributed by atoms with van der Waals surface area (Å²) in [5.41, 5.74) is 0.310. The fourth-order valence-electron chi connectivity index (χ4n) is 1.53. The number of hydrogen-bond donors (Lipinski definition) is 2. The summed E-state index contributed by atoms with van der Waals surface area (Å²) in [4.78, 5) is 7.81. The van der Waals surface area contributed by atoms with Crippen LogP contribution in [0.1, 0.15) is 0 Å². The molecule has 0 radical (unpaired) electrons. The standard InChI is InChI=1S/C12H13ClN4O3S/c1-14-12-10(13)5-9(7-16-12)21(18,19)17-8-3-4-11(20-2)15-6-8/h3-7,17H,1-2H3,(H,14,16). The zero-order valence-corrected chi connectivity index (χ0v) is 12.9. The van der Waals surface area contributed by atoms with Crippen molar-refractivity contribution in [1.82, 2.24) is 9.97 Å². The lowest BCUT2D eigenvalue weighted by Crippen LogP contribution is -2.13. The van der Waals surface area contributed by atoms with Gasteiger partial charge in [0.15, 0.2) is 0 Å². The number of anilines is 2. The molecule has 9 heteroatoms. The zero-order valence-electron chi connectivity index (χ0n) is 11.3. The minimum atomic E-state index is -3.79. The number of nitrogens with one attached hydrogen (secondary N) is 2. The maximum Gasteiger partial charge on any atom is 0.263 e. The summed E-state index contributed by atoms with van der Waals surface area (Å²) in [6.07, 6.45) is 2.57. The first kappa shape index (κ1) is 15.3. The molecule has 2 heterocycles. The number of ether oxygens (including phenoxy) is 1. The molecule has 0 aliphatic carbocycles. The van der Waals surface area contributed by atoms with Crippen LogP contribution in [-0.2, 0) is 10.0 Å². The van der Waals surface area contributed by atoms with Crippen LogP contribution in [0.25, 0.3) is 0 Å². The molecular weight excluding hydrogens is 316 g/mol. The van der Waals surface area contributed by atoms with Gasteiger partial charge in [0.1, 0.15) is 10.7 Å². The van der Waals surface area contributed by atoms with Gasteiger partial charge in [-0.3, -0.25) is 4.72 Å². The summed E-state index contributed by atoms with van der Waals surface area (Å²) in [6, 6.07) is 4.41. The van der Waals surface area contributed by atoms with Crippen molar-refractivity contribution in [2.24, 2.45) is 0 Å². The van der Waals surface area contributed by atoms with E-state index in [4.69, 9.17) is 16.3 Å². The van der Waals surface area contributed by atoms with Crippen molar-refractivity contribution in [3.63, 3.8) is 0 Å². The Morgan fingerprint density at radius 3 is 2.52 bits per heavy atom. The van der Waals surface area contributed by atoms with Gasteiger partial charge >= 0.3 is 0 Å². The molecule has 0 amide bonds. The maximum atomic E-state index is 12.2. The molecule has 0 bridgehead atoms. The van der Waals surface area contributed by atoms with Gasteiger partial charge in [0.2, 0.25) is 5.88 Å². The van der Waals surface area contributed by atoms with E-state index >= 15 is 0 Å². The second-order valence-corrected chi connectivity index (χ2v) is 6.04. The summed E-state index contributed by atoms with van der Waals surface area (Å²) in [6.45, 7) is 0. The number of rotatable bonds is 5. The Bertz CT molecular complexity index is 735. The van der Waals surface area contributed by atoms with Crippen LogP contribution < -0.4 is 14.8 Å². The van der Waals surface area contributed by atoms with Gasteiger partial charge in [-0.05, 0) is 12.1 Å². The largest absolute Gasteiger partial charge is 0.481 e. The normalized spacial score (nSPS) is 11.0. The lowest BCUT2D eigenvalue weighted by Gasteiger charge is -2.09. The van der Waals surface area contributed by atoms with Crippen molar-refractivity contribution < 1.29 is 13.2 Å². The Balaban J connectivity index is 2.26. The molecule has 0 saturated heterocycles. The smallest absolute Gasteiger partial charge is 0.263 e. The van der Waals surface area contributed by atoms with Crippen LogP contribution in [0.2, 0.25) is 5.02 Å².